The Morgan fingerprint density at radius 2 is 2.05 bits per heavy atom. The lowest BCUT2D eigenvalue weighted by atomic mass is 10.3. The van der Waals surface area contributed by atoms with Crippen molar-refractivity contribution in [1.82, 2.24) is 4.72 Å². The largest absolute Gasteiger partial charge is 0.492 e. The Balaban J connectivity index is 1.99. The summed E-state index contributed by atoms with van der Waals surface area (Å²) in [7, 11) is -3.45. The molecule has 2 rings (SSSR count). The van der Waals surface area contributed by atoms with Gasteiger partial charge in [0.15, 0.2) is 0 Å². The molecule has 7 heteroatoms. The van der Waals surface area contributed by atoms with Crippen molar-refractivity contribution in [2.24, 2.45) is 5.73 Å². The summed E-state index contributed by atoms with van der Waals surface area (Å²) in [6, 6.07) is 6.48. The minimum Gasteiger partial charge on any atom is -0.492 e. The quantitative estimate of drug-likeness (QED) is 0.793. The van der Waals surface area contributed by atoms with Crippen molar-refractivity contribution >= 4 is 21.8 Å². The Kier molecular flexibility index (Phi) is 5.92. The smallest absolute Gasteiger partial charge is 0.240 e. The molecule has 1 fully saturated rings. The van der Waals surface area contributed by atoms with Crippen LogP contribution in [0.25, 0.3) is 0 Å². The maximum atomic E-state index is 12.3. The van der Waals surface area contributed by atoms with Crippen molar-refractivity contribution in [3.8, 4) is 5.75 Å². The molecule has 1 saturated carbocycles. The summed E-state index contributed by atoms with van der Waals surface area (Å²) in [5, 5.41) is 0.560. The standard InChI is InChI=1S/C14H22N2O3S2/c1-20-13-5-2-11(10-13)16-21(17,18)14-6-3-12(4-7-14)19-9-8-15/h3-4,6-7,11,13,16H,2,5,8-10,15H2,1H3. The number of hydrogen-bond acceptors (Lipinski definition) is 5. The van der Waals surface area contributed by atoms with Crippen molar-refractivity contribution in [1.29, 1.82) is 0 Å². The van der Waals surface area contributed by atoms with Gasteiger partial charge in [-0.2, -0.15) is 11.8 Å². The molecule has 1 aliphatic rings. The predicted octanol–water partition coefficient (Wildman–Crippen LogP) is 1.59. The number of hydrogen-bond donors (Lipinski definition) is 2. The average molecular weight is 330 g/mol. The van der Waals surface area contributed by atoms with E-state index >= 15 is 0 Å². The fourth-order valence-electron chi connectivity index (χ4n) is 2.44. The molecule has 118 valence electrons. The van der Waals surface area contributed by atoms with Crippen LogP contribution in [0.15, 0.2) is 29.2 Å². The number of nitrogens with one attached hydrogen (secondary N) is 1. The van der Waals surface area contributed by atoms with Gasteiger partial charge in [0.2, 0.25) is 10.0 Å². The molecular formula is C14H22N2O3S2. The Morgan fingerprint density at radius 1 is 1.33 bits per heavy atom. The fourth-order valence-corrected chi connectivity index (χ4v) is 4.52. The average Bonchev–Trinajstić information content (AvgIpc) is 2.92. The number of sulfonamides is 1. The zero-order valence-corrected chi connectivity index (χ0v) is 13.8. The molecule has 2 atom stereocenters. The Morgan fingerprint density at radius 3 is 2.62 bits per heavy atom. The van der Waals surface area contributed by atoms with Gasteiger partial charge in [0.25, 0.3) is 0 Å². The summed E-state index contributed by atoms with van der Waals surface area (Å²) in [6.45, 7) is 0.850. The minimum absolute atomic E-state index is 0.0422. The van der Waals surface area contributed by atoms with Gasteiger partial charge in [0, 0.05) is 17.8 Å². The normalized spacial score (nSPS) is 22.4. The molecule has 0 aromatic heterocycles. The van der Waals surface area contributed by atoms with E-state index in [4.69, 9.17) is 10.5 Å². The van der Waals surface area contributed by atoms with E-state index in [0.717, 1.165) is 19.3 Å². The highest BCUT2D eigenvalue weighted by molar-refractivity contribution is 7.99. The van der Waals surface area contributed by atoms with Crippen LogP contribution >= 0.6 is 11.8 Å². The van der Waals surface area contributed by atoms with Gasteiger partial charge < -0.3 is 10.5 Å². The first kappa shape index (κ1) is 16.6. The number of rotatable bonds is 7. The molecule has 5 nitrogen and oxygen atoms in total. The molecule has 2 unspecified atom stereocenters. The van der Waals surface area contributed by atoms with Crippen molar-refractivity contribution < 1.29 is 13.2 Å². The van der Waals surface area contributed by atoms with E-state index in [0.29, 0.717) is 24.2 Å². The van der Waals surface area contributed by atoms with Gasteiger partial charge >= 0.3 is 0 Å². The lowest BCUT2D eigenvalue weighted by molar-refractivity contribution is 0.328. The van der Waals surface area contributed by atoms with Gasteiger partial charge in [0.1, 0.15) is 12.4 Å². The number of nitrogens with two attached hydrogens (primary N) is 1. The lowest BCUT2D eigenvalue weighted by Crippen LogP contribution is -2.33. The molecule has 0 amide bonds. The molecule has 0 aliphatic heterocycles. The van der Waals surface area contributed by atoms with Gasteiger partial charge in [-0.15, -0.1) is 0 Å². The van der Waals surface area contributed by atoms with Gasteiger partial charge in [0.05, 0.1) is 4.90 Å². The predicted molar refractivity (Wildman–Crippen MR) is 86.3 cm³/mol. The van der Waals surface area contributed by atoms with Crippen molar-refractivity contribution in [3.63, 3.8) is 0 Å². The van der Waals surface area contributed by atoms with Crippen molar-refractivity contribution in [3.05, 3.63) is 24.3 Å². The van der Waals surface area contributed by atoms with E-state index in [1.807, 2.05) is 0 Å². The van der Waals surface area contributed by atoms with Crippen LogP contribution in [0.3, 0.4) is 0 Å². The fraction of sp³-hybridized carbons (Fsp3) is 0.571. The Labute approximate surface area is 130 Å². The molecule has 3 N–H and O–H groups in total. The van der Waals surface area contributed by atoms with E-state index in [2.05, 4.69) is 11.0 Å². The Hall–Kier alpha value is -0.760. The highest BCUT2D eigenvalue weighted by Gasteiger charge is 2.28. The third kappa shape index (κ3) is 4.60. The SMILES string of the molecule is CSC1CCC(NS(=O)(=O)c2ccc(OCCN)cc2)C1. The third-order valence-corrected chi connectivity index (χ3v) is 6.19. The van der Waals surface area contributed by atoms with E-state index in [1.165, 1.54) is 0 Å². The molecule has 0 bridgehead atoms. The highest BCUT2D eigenvalue weighted by atomic mass is 32.2. The molecule has 0 spiro atoms. The van der Waals surface area contributed by atoms with Gasteiger partial charge in [-0.05, 0) is 49.8 Å². The zero-order valence-electron chi connectivity index (χ0n) is 12.1. The van der Waals surface area contributed by atoms with Crippen LogP contribution in [-0.4, -0.2) is 39.1 Å². The second-order valence-corrected chi connectivity index (χ2v) is 7.95. The maximum absolute atomic E-state index is 12.3. The zero-order chi connectivity index (χ0) is 15.3. The number of benzene rings is 1. The van der Waals surface area contributed by atoms with Crippen LogP contribution < -0.4 is 15.2 Å². The summed E-state index contributed by atoms with van der Waals surface area (Å²) in [5.74, 6) is 0.628. The monoisotopic (exact) mass is 330 g/mol. The van der Waals surface area contributed by atoms with Crippen LogP contribution in [0, 0.1) is 0 Å². The van der Waals surface area contributed by atoms with Gasteiger partial charge in [-0.25, -0.2) is 13.1 Å². The molecule has 21 heavy (non-hydrogen) atoms. The van der Waals surface area contributed by atoms with Crippen LogP contribution in [0.4, 0.5) is 0 Å². The molecule has 1 aromatic carbocycles. The maximum Gasteiger partial charge on any atom is 0.240 e. The van der Waals surface area contributed by atoms with E-state index in [1.54, 1.807) is 36.0 Å². The first-order chi connectivity index (χ1) is 10.0. The molecule has 1 aliphatic carbocycles. The number of thioether (sulfide) groups is 1. The Bertz CT molecular complexity index is 546. The first-order valence-corrected chi connectivity index (χ1v) is 9.80. The second-order valence-electron chi connectivity index (χ2n) is 5.10. The van der Waals surface area contributed by atoms with Crippen LogP contribution in [0.2, 0.25) is 0 Å². The molecule has 1 aromatic rings. The number of ether oxygens (including phenoxy) is 1. The summed E-state index contributed by atoms with van der Waals surface area (Å²) in [5.41, 5.74) is 5.36. The summed E-state index contributed by atoms with van der Waals surface area (Å²) in [4.78, 5) is 0.273. The molecular weight excluding hydrogens is 308 g/mol. The third-order valence-electron chi connectivity index (χ3n) is 3.56. The minimum atomic E-state index is -3.45. The molecule has 0 radical (unpaired) electrons. The van der Waals surface area contributed by atoms with E-state index < -0.39 is 10.0 Å². The van der Waals surface area contributed by atoms with Crippen molar-refractivity contribution in [2.75, 3.05) is 19.4 Å². The van der Waals surface area contributed by atoms with Crippen LogP contribution in [-0.2, 0) is 10.0 Å². The summed E-state index contributed by atoms with van der Waals surface area (Å²) in [6.07, 6.45) is 4.95. The highest BCUT2D eigenvalue weighted by Crippen LogP contribution is 2.29. The van der Waals surface area contributed by atoms with E-state index in [-0.39, 0.29) is 10.9 Å². The molecule has 0 saturated heterocycles. The van der Waals surface area contributed by atoms with Crippen molar-refractivity contribution in [2.45, 2.75) is 35.4 Å². The second kappa shape index (κ2) is 7.49. The summed E-state index contributed by atoms with van der Waals surface area (Å²) >= 11 is 1.81. The topological polar surface area (TPSA) is 81.4 Å². The first-order valence-electron chi connectivity index (χ1n) is 7.03. The van der Waals surface area contributed by atoms with Crippen LogP contribution in [0.5, 0.6) is 5.75 Å². The van der Waals surface area contributed by atoms with E-state index in [9.17, 15) is 8.42 Å². The van der Waals surface area contributed by atoms with Gasteiger partial charge in [-0.3, -0.25) is 0 Å². The van der Waals surface area contributed by atoms with Gasteiger partial charge in [-0.1, -0.05) is 0 Å². The summed E-state index contributed by atoms with van der Waals surface area (Å²) < 4.78 is 32.8. The molecule has 0 heterocycles. The van der Waals surface area contributed by atoms with Crippen LogP contribution in [0.1, 0.15) is 19.3 Å². The lowest BCUT2D eigenvalue weighted by Gasteiger charge is -2.13.